The molecule has 5 heteroatoms. The molecule has 0 spiro atoms. The molecule has 0 heterocycles. The fourth-order valence-electron chi connectivity index (χ4n) is 2.20. The van der Waals surface area contributed by atoms with Crippen LogP contribution in [0.15, 0.2) is 23.6 Å². The van der Waals surface area contributed by atoms with E-state index in [1.54, 1.807) is 26.5 Å². The van der Waals surface area contributed by atoms with Gasteiger partial charge in [0.1, 0.15) is 5.70 Å². The van der Waals surface area contributed by atoms with E-state index in [0.717, 1.165) is 25.7 Å². The maximum atomic E-state index is 11.4. The topological polar surface area (TPSA) is 71.4 Å². The van der Waals surface area contributed by atoms with E-state index in [-0.39, 0.29) is 5.92 Å². The Morgan fingerprint density at radius 2 is 2.00 bits per heavy atom. The van der Waals surface area contributed by atoms with Crippen LogP contribution in [-0.4, -0.2) is 32.9 Å². The lowest BCUT2D eigenvalue weighted by Crippen LogP contribution is -2.22. The van der Waals surface area contributed by atoms with Crippen molar-refractivity contribution in [1.82, 2.24) is 5.32 Å². The molecule has 1 aliphatic rings. The first-order valence-electron chi connectivity index (χ1n) is 6.39. The molecule has 5 nitrogen and oxygen atoms in total. The predicted octanol–water partition coefficient (Wildman–Crippen LogP) is 2.00. The van der Waals surface area contributed by atoms with Crippen LogP contribution < -0.4 is 5.32 Å². The number of esters is 1. The Bertz CT molecular complexity index is 389. The minimum Gasteiger partial charge on any atom is -0.504 e. The van der Waals surface area contributed by atoms with Crippen molar-refractivity contribution >= 4 is 11.7 Å². The number of likely N-dealkylation sites (N-methyl/N-ethyl adjacent to an activating group) is 1. The molecule has 106 valence electrons. The first-order chi connectivity index (χ1) is 9.12. The van der Waals surface area contributed by atoms with E-state index in [9.17, 15) is 4.79 Å². The van der Waals surface area contributed by atoms with Crippen LogP contribution in [0.5, 0.6) is 0 Å². The number of nitrogens with one attached hydrogen (secondary N) is 2. The van der Waals surface area contributed by atoms with E-state index in [2.05, 4.69) is 10.1 Å². The largest absolute Gasteiger partial charge is 0.504 e. The average molecular weight is 266 g/mol. The van der Waals surface area contributed by atoms with Gasteiger partial charge in [-0.25, -0.2) is 4.79 Å². The van der Waals surface area contributed by atoms with E-state index in [0.29, 0.717) is 11.4 Å². The number of hydrogen-bond donors (Lipinski definition) is 2. The van der Waals surface area contributed by atoms with Gasteiger partial charge in [0.05, 0.1) is 20.5 Å². The fraction of sp³-hybridized carbons (Fsp3) is 0.571. The molecule has 0 radical (unpaired) electrons. The number of hydrogen-bond acceptors (Lipinski definition) is 5. The molecule has 0 unspecified atom stereocenters. The van der Waals surface area contributed by atoms with Gasteiger partial charge < -0.3 is 20.2 Å². The van der Waals surface area contributed by atoms with Crippen LogP contribution in [0.2, 0.25) is 0 Å². The van der Waals surface area contributed by atoms with Crippen molar-refractivity contribution in [3.05, 3.63) is 23.6 Å². The summed E-state index contributed by atoms with van der Waals surface area (Å²) in [6.07, 6.45) is 7.10. The molecule has 0 aromatic carbocycles. The van der Waals surface area contributed by atoms with Crippen molar-refractivity contribution in [2.24, 2.45) is 5.92 Å². The number of allylic oxidation sites excluding steroid dienone is 2. The first kappa shape index (κ1) is 15.3. The summed E-state index contributed by atoms with van der Waals surface area (Å²) in [4.78, 5) is 11.4. The molecule has 1 aliphatic carbocycles. The zero-order chi connectivity index (χ0) is 14.3. The molecule has 1 fully saturated rings. The highest BCUT2D eigenvalue weighted by Crippen LogP contribution is 2.29. The lowest BCUT2D eigenvalue weighted by atomic mass is 9.83. The second-order valence-corrected chi connectivity index (χ2v) is 4.54. The minimum absolute atomic E-state index is 0.196. The maximum Gasteiger partial charge on any atom is 0.354 e. The number of carbonyl (C=O) groups is 1. The fourth-order valence-corrected chi connectivity index (χ4v) is 2.20. The van der Waals surface area contributed by atoms with Gasteiger partial charge in [-0.2, -0.15) is 0 Å². The van der Waals surface area contributed by atoms with Gasteiger partial charge in [0.2, 0.25) is 0 Å². The van der Waals surface area contributed by atoms with E-state index < -0.39 is 5.97 Å². The summed E-state index contributed by atoms with van der Waals surface area (Å²) in [5, 5.41) is 10.8. The Labute approximate surface area is 114 Å². The summed E-state index contributed by atoms with van der Waals surface area (Å²) >= 11 is 0. The van der Waals surface area contributed by atoms with Gasteiger partial charge in [-0.3, -0.25) is 0 Å². The van der Waals surface area contributed by atoms with Crippen LogP contribution in [0.4, 0.5) is 0 Å². The highest BCUT2D eigenvalue weighted by molar-refractivity contribution is 6.01. The predicted molar refractivity (Wildman–Crippen MR) is 73.9 cm³/mol. The van der Waals surface area contributed by atoms with E-state index >= 15 is 0 Å². The molecule has 0 aromatic heterocycles. The highest BCUT2D eigenvalue weighted by atomic mass is 16.5. The minimum atomic E-state index is -0.442. The van der Waals surface area contributed by atoms with Gasteiger partial charge >= 0.3 is 5.97 Å². The van der Waals surface area contributed by atoms with Crippen LogP contribution in [0.3, 0.4) is 0 Å². The molecule has 0 amide bonds. The number of rotatable bonds is 5. The lowest BCUT2D eigenvalue weighted by molar-refractivity contribution is -0.136. The standard InChI is InChI=1S/C14H22N2O3/c1-16-13(14(17)19-3)8-12(15)11-6-4-10(5-7-11)9-18-2/h8-9,11,15-16H,4-7H2,1-3H3/b10-9?,13-8-,15-12?. The second kappa shape index (κ2) is 7.61. The summed E-state index contributed by atoms with van der Waals surface area (Å²) in [5.41, 5.74) is 2.09. The highest BCUT2D eigenvalue weighted by Gasteiger charge is 2.21. The maximum absolute atomic E-state index is 11.4. The van der Waals surface area contributed by atoms with Crippen LogP contribution in [0.25, 0.3) is 0 Å². The SMILES string of the molecule is CN/C(=C\C(=N)C1CCC(=COC)CC1)C(=O)OC. The molecule has 0 aliphatic heterocycles. The molecule has 1 saturated carbocycles. The van der Waals surface area contributed by atoms with Crippen LogP contribution in [0, 0.1) is 11.3 Å². The summed E-state index contributed by atoms with van der Waals surface area (Å²) in [5.74, 6) is -0.245. The van der Waals surface area contributed by atoms with Gasteiger partial charge in [-0.1, -0.05) is 0 Å². The molecule has 0 saturated heterocycles. The number of carbonyl (C=O) groups excluding carboxylic acids is 1. The second-order valence-electron chi connectivity index (χ2n) is 4.54. The molecule has 2 N–H and O–H groups in total. The molecular formula is C14H22N2O3. The third-order valence-corrected chi connectivity index (χ3v) is 3.33. The van der Waals surface area contributed by atoms with E-state index in [1.807, 2.05) is 0 Å². The average Bonchev–Trinajstić information content (AvgIpc) is 2.44. The quantitative estimate of drug-likeness (QED) is 0.345. The van der Waals surface area contributed by atoms with Crippen molar-refractivity contribution in [2.45, 2.75) is 25.7 Å². The van der Waals surface area contributed by atoms with Gasteiger partial charge in [0, 0.05) is 18.7 Å². The van der Waals surface area contributed by atoms with Gasteiger partial charge in [0.25, 0.3) is 0 Å². The molecule has 1 rings (SSSR count). The summed E-state index contributed by atoms with van der Waals surface area (Å²) in [7, 11) is 4.63. The molecular weight excluding hydrogens is 244 g/mol. The molecule has 19 heavy (non-hydrogen) atoms. The molecule has 0 atom stereocenters. The van der Waals surface area contributed by atoms with Crippen molar-refractivity contribution < 1.29 is 14.3 Å². The normalized spacial score (nSPS) is 19.6. The van der Waals surface area contributed by atoms with Crippen molar-refractivity contribution in [3.63, 3.8) is 0 Å². The van der Waals surface area contributed by atoms with E-state index in [1.165, 1.54) is 12.7 Å². The Morgan fingerprint density at radius 3 is 2.47 bits per heavy atom. The van der Waals surface area contributed by atoms with Crippen molar-refractivity contribution in [1.29, 1.82) is 5.41 Å². The summed E-state index contributed by atoms with van der Waals surface area (Å²) in [6.45, 7) is 0. The first-order valence-corrected chi connectivity index (χ1v) is 6.39. The smallest absolute Gasteiger partial charge is 0.354 e. The van der Waals surface area contributed by atoms with E-state index in [4.69, 9.17) is 10.1 Å². The zero-order valence-electron chi connectivity index (χ0n) is 11.8. The van der Waals surface area contributed by atoms with Crippen LogP contribution in [-0.2, 0) is 14.3 Å². The Kier molecular flexibility index (Phi) is 6.12. The molecule has 0 aromatic rings. The zero-order valence-corrected chi connectivity index (χ0v) is 11.8. The Balaban J connectivity index is 2.62. The monoisotopic (exact) mass is 266 g/mol. The van der Waals surface area contributed by atoms with Gasteiger partial charge in [-0.05, 0) is 37.3 Å². The van der Waals surface area contributed by atoms with Crippen LogP contribution >= 0.6 is 0 Å². The summed E-state index contributed by atoms with van der Waals surface area (Å²) < 4.78 is 9.65. The van der Waals surface area contributed by atoms with Crippen molar-refractivity contribution in [2.75, 3.05) is 21.3 Å². The Hall–Kier alpha value is -1.78. The van der Waals surface area contributed by atoms with Crippen molar-refractivity contribution in [3.8, 4) is 0 Å². The Morgan fingerprint density at radius 1 is 1.37 bits per heavy atom. The lowest BCUT2D eigenvalue weighted by Gasteiger charge is -2.23. The summed E-state index contributed by atoms with van der Waals surface area (Å²) in [6, 6.07) is 0. The molecule has 0 bridgehead atoms. The van der Waals surface area contributed by atoms with Gasteiger partial charge in [0.15, 0.2) is 0 Å². The number of methoxy groups -OCH3 is 2. The van der Waals surface area contributed by atoms with Crippen LogP contribution in [0.1, 0.15) is 25.7 Å². The third kappa shape index (κ3) is 4.43. The third-order valence-electron chi connectivity index (χ3n) is 3.33. The number of ether oxygens (including phenoxy) is 2. The van der Waals surface area contributed by atoms with Gasteiger partial charge in [-0.15, -0.1) is 0 Å².